The minimum atomic E-state index is -0.542. The number of fused-ring (bicyclic) bond motifs is 1. The highest BCUT2D eigenvalue weighted by atomic mass is 16.3. The molecule has 1 aromatic carbocycles. The third kappa shape index (κ3) is 3.84. The molecule has 2 aliphatic heterocycles. The Bertz CT molecular complexity index is 959. The largest absolute Gasteiger partial charge is 0.458 e. The second-order valence-corrected chi connectivity index (χ2v) is 8.90. The van der Waals surface area contributed by atoms with E-state index in [0.717, 1.165) is 68.8 Å². The Morgan fingerprint density at radius 1 is 1.00 bits per heavy atom. The second-order valence-electron chi connectivity index (χ2n) is 8.90. The summed E-state index contributed by atoms with van der Waals surface area (Å²) in [5.74, 6) is -0.322. The van der Waals surface area contributed by atoms with Crippen molar-refractivity contribution in [1.82, 2.24) is 14.7 Å². The van der Waals surface area contributed by atoms with E-state index in [-0.39, 0.29) is 11.8 Å². The first-order chi connectivity index (χ1) is 15.1. The number of furan rings is 1. The molecule has 8 heteroatoms. The van der Waals surface area contributed by atoms with Crippen molar-refractivity contribution >= 4 is 28.4 Å². The fraction of sp³-hybridized carbons (Fsp3) is 0.565. The fourth-order valence-electron chi connectivity index (χ4n) is 5.36. The van der Waals surface area contributed by atoms with E-state index in [1.165, 1.54) is 25.7 Å². The van der Waals surface area contributed by atoms with E-state index in [9.17, 15) is 9.59 Å². The van der Waals surface area contributed by atoms with Gasteiger partial charge in [0.2, 0.25) is 0 Å². The van der Waals surface area contributed by atoms with E-state index in [0.29, 0.717) is 6.04 Å². The van der Waals surface area contributed by atoms with Gasteiger partial charge < -0.3 is 24.9 Å². The van der Waals surface area contributed by atoms with Gasteiger partial charge in [0.1, 0.15) is 6.26 Å². The van der Waals surface area contributed by atoms with Crippen LogP contribution in [0.2, 0.25) is 0 Å². The van der Waals surface area contributed by atoms with Gasteiger partial charge in [-0.2, -0.15) is 0 Å². The summed E-state index contributed by atoms with van der Waals surface area (Å²) in [7, 11) is 0. The summed E-state index contributed by atoms with van der Waals surface area (Å²) in [5.41, 5.74) is 6.50. The van der Waals surface area contributed by atoms with Crippen LogP contribution in [0.4, 0.5) is 10.5 Å². The number of nitrogens with zero attached hydrogens (tertiary/aromatic N) is 4. The Morgan fingerprint density at radius 3 is 2.52 bits per heavy atom. The summed E-state index contributed by atoms with van der Waals surface area (Å²) >= 11 is 0. The van der Waals surface area contributed by atoms with Crippen LogP contribution in [0.15, 0.2) is 28.9 Å². The van der Waals surface area contributed by atoms with Crippen molar-refractivity contribution in [2.75, 3.05) is 57.3 Å². The molecule has 8 nitrogen and oxygen atoms in total. The van der Waals surface area contributed by atoms with Crippen LogP contribution < -0.4 is 10.6 Å². The van der Waals surface area contributed by atoms with Crippen molar-refractivity contribution in [3.8, 4) is 0 Å². The molecular formula is C23H31N5O3. The summed E-state index contributed by atoms with van der Waals surface area (Å²) < 4.78 is 5.43. The standard InChI is InChI=1S/C23H31N5O3/c24-22(29)21-18-6-3-7-20(19(18)16-31-21)26-11-8-25(9-12-26)10-13-27-14-15-28(23(27)30)17-4-1-2-5-17/h3,6-7,16-17H,1-2,4-5,8-15H2,(H2,24,29). The topological polar surface area (TPSA) is 86.3 Å². The number of nitrogens with two attached hydrogens (primary N) is 1. The Morgan fingerprint density at radius 2 is 1.77 bits per heavy atom. The van der Waals surface area contributed by atoms with Gasteiger partial charge in [0.05, 0.1) is 0 Å². The van der Waals surface area contributed by atoms with Gasteiger partial charge in [0, 0.05) is 74.9 Å². The van der Waals surface area contributed by atoms with E-state index >= 15 is 0 Å². The molecule has 3 fully saturated rings. The number of hydrogen-bond donors (Lipinski definition) is 1. The number of carbonyl (C=O) groups is 2. The lowest BCUT2D eigenvalue weighted by molar-refractivity contribution is 0.0976. The maximum absolute atomic E-state index is 12.8. The number of rotatable bonds is 6. The summed E-state index contributed by atoms with van der Waals surface area (Å²) in [6.45, 7) is 7.17. The molecular weight excluding hydrogens is 394 g/mol. The van der Waals surface area contributed by atoms with Crippen molar-refractivity contribution < 1.29 is 14.0 Å². The molecule has 5 rings (SSSR count). The molecule has 0 radical (unpaired) electrons. The van der Waals surface area contributed by atoms with Gasteiger partial charge in [-0.1, -0.05) is 25.0 Å². The molecule has 3 aliphatic rings. The highest BCUT2D eigenvalue weighted by Gasteiger charge is 2.34. The van der Waals surface area contributed by atoms with Gasteiger partial charge in [-0.15, -0.1) is 0 Å². The van der Waals surface area contributed by atoms with Crippen LogP contribution >= 0.6 is 0 Å². The number of primary amides is 1. The van der Waals surface area contributed by atoms with E-state index in [4.69, 9.17) is 10.2 Å². The van der Waals surface area contributed by atoms with Crippen LogP contribution in [-0.4, -0.2) is 85.0 Å². The minimum Gasteiger partial charge on any atom is -0.458 e. The van der Waals surface area contributed by atoms with Crippen molar-refractivity contribution in [2.45, 2.75) is 31.7 Å². The summed E-state index contributed by atoms with van der Waals surface area (Å²) in [5, 5.41) is 1.70. The second kappa shape index (κ2) is 8.42. The number of urea groups is 1. The van der Waals surface area contributed by atoms with Crippen LogP contribution in [-0.2, 0) is 0 Å². The molecule has 3 amide bonds. The zero-order valence-corrected chi connectivity index (χ0v) is 18.0. The number of amides is 3. The van der Waals surface area contributed by atoms with Crippen molar-refractivity contribution in [1.29, 1.82) is 0 Å². The van der Waals surface area contributed by atoms with Crippen LogP contribution in [0.5, 0.6) is 0 Å². The highest BCUT2D eigenvalue weighted by molar-refractivity contribution is 6.07. The normalized spacial score (nSPS) is 21.0. The SMILES string of the molecule is NC(=O)c1occ2c(N3CCN(CCN4CCN(C5CCCC5)C4=O)CC3)cccc12. The molecule has 166 valence electrons. The Balaban J connectivity index is 1.15. The summed E-state index contributed by atoms with van der Waals surface area (Å²) in [6.07, 6.45) is 6.49. The smallest absolute Gasteiger partial charge is 0.320 e. The molecule has 2 N–H and O–H groups in total. The van der Waals surface area contributed by atoms with Crippen LogP contribution in [0.3, 0.4) is 0 Å². The van der Waals surface area contributed by atoms with E-state index < -0.39 is 5.91 Å². The van der Waals surface area contributed by atoms with Crippen LogP contribution in [0.1, 0.15) is 36.2 Å². The first kappa shape index (κ1) is 20.2. The molecule has 2 aromatic rings. The first-order valence-corrected chi connectivity index (χ1v) is 11.4. The maximum Gasteiger partial charge on any atom is 0.320 e. The quantitative estimate of drug-likeness (QED) is 0.768. The number of piperazine rings is 1. The molecule has 1 aliphatic carbocycles. The number of carbonyl (C=O) groups excluding carboxylic acids is 2. The third-order valence-electron chi connectivity index (χ3n) is 7.14. The van der Waals surface area contributed by atoms with Crippen molar-refractivity contribution in [2.24, 2.45) is 5.73 Å². The average Bonchev–Trinajstić information content (AvgIpc) is 3.52. The Labute approximate surface area is 182 Å². The lowest BCUT2D eigenvalue weighted by Crippen LogP contribution is -2.49. The molecule has 0 bridgehead atoms. The molecule has 0 atom stereocenters. The first-order valence-electron chi connectivity index (χ1n) is 11.4. The molecule has 1 aromatic heterocycles. The summed E-state index contributed by atoms with van der Waals surface area (Å²) in [6, 6.07) is 6.60. The molecule has 0 spiro atoms. The van der Waals surface area contributed by atoms with Crippen molar-refractivity contribution in [3.05, 3.63) is 30.2 Å². The number of benzene rings is 1. The number of hydrogen-bond acceptors (Lipinski definition) is 5. The zero-order valence-electron chi connectivity index (χ0n) is 18.0. The van der Waals surface area contributed by atoms with Crippen LogP contribution in [0, 0.1) is 0 Å². The van der Waals surface area contributed by atoms with Gasteiger partial charge in [-0.25, -0.2) is 4.79 Å². The highest BCUT2D eigenvalue weighted by Crippen LogP contribution is 2.31. The zero-order chi connectivity index (χ0) is 21.4. The van der Waals surface area contributed by atoms with Gasteiger partial charge in [-0.3, -0.25) is 9.69 Å². The minimum absolute atomic E-state index is 0.220. The molecule has 31 heavy (non-hydrogen) atoms. The van der Waals surface area contributed by atoms with E-state index in [1.54, 1.807) is 6.26 Å². The monoisotopic (exact) mass is 425 g/mol. The summed E-state index contributed by atoms with van der Waals surface area (Å²) in [4.78, 5) is 33.3. The lowest BCUT2D eigenvalue weighted by atomic mass is 10.1. The molecule has 2 saturated heterocycles. The van der Waals surface area contributed by atoms with E-state index in [2.05, 4.69) is 20.8 Å². The predicted octanol–water partition coefficient (Wildman–Crippen LogP) is 2.33. The van der Waals surface area contributed by atoms with Gasteiger partial charge in [0.25, 0.3) is 5.91 Å². The lowest BCUT2D eigenvalue weighted by Gasteiger charge is -2.37. The maximum atomic E-state index is 12.8. The van der Waals surface area contributed by atoms with Crippen LogP contribution in [0.25, 0.3) is 10.8 Å². The van der Waals surface area contributed by atoms with E-state index in [1.807, 2.05) is 17.0 Å². The predicted molar refractivity (Wildman–Crippen MR) is 119 cm³/mol. The Hall–Kier alpha value is -2.74. The van der Waals surface area contributed by atoms with Crippen molar-refractivity contribution in [3.63, 3.8) is 0 Å². The molecule has 0 unspecified atom stereocenters. The fourth-order valence-corrected chi connectivity index (χ4v) is 5.36. The van der Waals surface area contributed by atoms with Gasteiger partial charge in [0.15, 0.2) is 5.76 Å². The molecule has 1 saturated carbocycles. The number of anilines is 1. The molecule has 3 heterocycles. The van der Waals surface area contributed by atoms with Gasteiger partial charge in [-0.05, 0) is 18.9 Å². The third-order valence-corrected chi connectivity index (χ3v) is 7.14. The van der Waals surface area contributed by atoms with Gasteiger partial charge >= 0.3 is 6.03 Å². The Kier molecular flexibility index (Phi) is 5.48. The average molecular weight is 426 g/mol.